The lowest BCUT2D eigenvalue weighted by Crippen LogP contribution is -2.31. The number of esters is 2. The molecule has 0 radical (unpaired) electrons. The van der Waals surface area contributed by atoms with Gasteiger partial charge in [0.1, 0.15) is 5.92 Å². The first-order chi connectivity index (χ1) is 12.5. The normalized spacial score (nSPS) is 18.7. The highest BCUT2D eigenvalue weighted by Crippen LogP contribution is 2.43. The Labute approximate surface area is 160 Å². The molecule has 1 unspecified atom stereocenters. The second kappa shape index (κ2) is 8.84. The molecule has 2 rings (SSSR count). The zero-order valence-electron chi connectivity index (χ0n) is 14.9. The van der Waals surface area contributed by atoms with Crippen molar-refractivity contribution in [2.75, 3.05) is 27.9 Å². The number of carbonyl (C=O) groups excluding carboxylic acids is 2. The predicted molar refractivity (Wildman–Crippen MR) is 98.7 cm³/mol. The fourth-order valence-corrected chi connectivity index (χ4v) is 3.44. The van der Waals surface area contributed by atoms with Crippen LogP contribution in [0.25, 0.3) is 0 Å². The van der Waals surface area contributed by atoms with E-state index in [0.29, 0.717) is 28.1 Å². The summed E-state index contributed by atoms with van der Waals surface area (Å²) in [7, 11) is 4.10. The van der Waals surface area contributed by atoms with E-state index >= 15 is 0 Å². The Morgan fingerprint density at radius 1 is 1.19 bits per heavy atom. The van der Waals surface area contributed by atoms with Crippen molar-refractivity contribution in [2.45, 2.75) is 12.8 Å². The van der Waals surface area contributed by atoms with Crippen LogP contribution in [0.5, 0.6) is 11.5 Å². The maximum Gasteiger partial charge on any atom is 0.335 e. The molecular weight excluding hydrogens is 406 g/mol. The number of hydrogen-bond donors (Lipinski definition) is 0. The molecule has 1 heterocycles. The van der Waals surface area contributed by atoms with Crippen molar-refractivity contribution in [3.8, 4) is 11.5 Å². The molecule has 0 amide bonds. The van der Waals surface area contributed by atoms with Gasteiger partial charge in [0.15, 0.2) is 11.5 Å². The molecule has 0 saturated heterocycles. The Kier molecular flexibility index (Phi) is 6.79. The maximum atomic E-state index is 12.3. The van der Waals surface area contributed by atoms with Crippen molar-refractivity contribution in [3.63, 3.8) is 0 Å². The maximum absolute atomic E-state index is 12.3. The van der Waals surface area contributed by atoms with Crippen LogP contribution in [0.3, 0.4) is 0 Å². The van der Waals surface area contributed by atoms with Crippen molar-refractivity contribution >= 4 is 34.1 Å². The Bertz CT molecular complexity index is 758. The lowest BCUT2D eigenvalue weighted by Gasteiger charge is -2.27. The molecule has 0 fully saturated rings. The smallest absolute Gasteiger partial charge is 0.335 e. The molecule has 140 valence electrons. The van der Waals surface area contributed by atoms with E-state index in [1.54, 1.807) is 12.1 Å². The number of nitrogens with zero attached hydrogens (tertiary/aromatic N) is 1. The predicted octanol–water partition coefficient (Wildman–Crippen LogP) is 2.87. The molecule has 0 aliphatic carbocycles. The summed E-state index contributed by atoms with van der Waals surface area (Å²) in [5.74, 6) is -1.44. The van der Waals surface area contributed by atoms with Gasteiger partial charge in [-0.3, -0.25) is 9.79 Å². The van der Waals surface area contributed by atoms with Crippen molar-refractivity contribution in [2.24, 2.45) is 10.9 Å². The average Bonchev–Trinajstić information content (AvgIpc) is 2.66. The van der Waals surface area contributed by atoms with Crippen LogP contribution in [0, 0.1) is 5.92 Å². The highest BCUT2D eigenvalue weighted by atomic mass is 79.9. The van der Waals surface area contributed by atoms with Crippen LogP contribution in [-0.4, -0.2) is 46.1 Å². The molecule has 1 aromatic carbocycles. The van der Waals surface area contributed by atoms with Gasteiger partial charge >= 0.3 is 11.9 Å². The number of aliphatic imine (C=N–C) groups is 1. The molecule has 0 saturated carbocycles. The average molecular weight is 426 g/mol. The number of methoxy groups -OCH3 is 3. The van der Waals surface area contributed by atoms with E-state index in [4.69, 9.17) is 18.9 Å². The van der Waals surface area contributed by atoms with Gasteiger partial charge in [-0.05, 0) is 40.5 Å². The molecule has 0 spiro atoms. The third-order valence-corrected chi connectivity index (χ3v) is 4.53. The summed E-state index contributed by atoms with van der Waals surface area (Å²) in [6.07, 6.45) is 2.86. The molecule has 0 N–H and O–H groups in total. The topological polar surface area (TPSA) is 83.4 Å². The number of hydrogen-bond acceptors (Lipinski definition) is 7. The van der Waals surface area contributed by atoms with E-state index in [0.717, 1.165) is 0 Å². The summed E-state index contributed by atoms with van der Waals surface area (Å²) < 4.78 is 21.4. The number of halogens is 1. The van der Waals surface area contributed by atoms with Gasteiger partial charge in [0.05, 0.1) is 38.0 Å². The summed E-state index contributed by atoms with van der Waals surface area (Å²) in [5, 5.41) is 0. The number of rotatable bonds is 6. The first kappa shape index (κ1) is 20.0. The van der Waals surface area contributed by atoms with Crippen molar-refractivity contribution in [1.29, 1.82) is 0 Å². The molecule has 8 heteroatoms. The Hall–Kier alpha value is -2.35. The summed E-state index contributed by atoms with van der Waals surface area (Å²) in [6.45, 7) is 2.28. The van der Waals surface area contributed by atoms with Gasteiger partial charge in [-0.2, -0.15) is 0 Å². The lowest BCUT2D eigenvalue weighted by molar-refractivity contribution is -0.143. The molecule has 1 aromatic rings. The molecule has 26 heavy (non-hydrogen) atoms. The highest BCUT2D eigenvalue weighted by Gasteiger charge is 2.38. The van der Waals surface area contributed by atoms with Crippen LogP contribution in [0.15, 0.2) is 33.4 Å². The summed E-state index contributed by atoms with van der Waals surface area (Å²) in [4.78, 5) is 28.5. The largest absolute Gasteiger partial charge is 0.492 e. The SMILES string of the molecule is CCOc1cc([C@@H]2C(C(=O)OC)=CN=CC2C(=O)OC)cc(Br)c1OC. The second-order valence-corrected chi connectivity index (χ2v) is 6.22. The summed E-state index contributed by atoms with van der Waals surface area (Å²) in [6, 6.07) is 3.52. The fourth-order valence-electron chi connectivity index (χ4n) is 2.82. The van der Waals surface area contributed by atoms with Gasteiger partial charge in [-0.1, -0.05) is 0 Å². The Balaban J connectivity index is 2.62. The van der Waals surface area contributed by atoms with Gasteiger partial charge < -0.3 is 18.9 Å². The zero-order chi connectivity index (χ0) is 19.3. The molecule has 2 atom stereocenters. The van der Waals surface area contributed by atoms with Gasteiger partial charge in [-0.25, -0.2) is 4.79 Å². The molecule has 0 aromatic heterocycles. The van der Waals surface area contributed by atoms with E-state index in [9.17, 15) is 9.59 Å². The van der Waals surface area contributed by atoms with Crippen molar-refractivity contribution in [1.82, 2.24) is 0 Å². The number of benzene rings is 1. The quantitative estimate of drug-likeness (QED) is 0.651. The minimum absolute atomic E-state index is 0.255. The molecular formula is C18H20BrNO6. The van der Waals surface area contributed by atoms with Crippen LogP contribution >= 0.6 is 15.9 Å². The minimum atomic E-state index is -0.770. The first-order valence-electron chi connectivity index (χ1n) is 7.88. The third-order valence-electron chi connectivity index (χ3n) is 3.94. The van der Waals surface area contributed by atoms with Crippen LogP contribution in [0.2, 0.25) is 0 Å². The molecule has 1 aliphatic heterocycles. The minimum Gasteiger partial charge on any atom is -0.492 e. The van der Waals surface area contributed by atoms with E-state index in [1.807, 2.05) is 6.92 Å². The fraction of sp³-hybridized carbons (Fsp3) is 0.389. The lowest BCUT2D eigenvalue weighted by atomic mass is 9.79. The van der Waals surface area contributed by atoms with Crippen LogP contribution in [0.4, 0.5) is 0 Å². The van der Waals surface area contributed by atoms with E-state index in [1.165, 1.54) is 33.7 Å². The van der Waals surface area contributed by atoms with Gasteiger partial charge in [0, 0.05) is 18.3 Å². The first-order valence-corrected chi connectivity index (χ1v) is 8.67. The van der Waals surface area contributed by atoms with Crippen molar-refractivity contribution in [3.05, 3.63) is 33.9 Å². The highest BCUT2D eigenvalue weighted by molar-refractivity contribution is 9.10. The second-order valence-electron chi connectivity index (χ2n) is 5.37. The van der Waals surface area contributed by atoms with Crippen molar-refractivity contribution < 1.29 is 28.5 Å². The Morgan fingerprint density at radius 2 is 1.92 bits per heavy atom. The van der Waals surface area contributed by atoms with Crippen LogP contribution < -0.4 is 9.47 Å². The van der Waals surface area contributed by atoms with Crippen LogP contribution in [0.1, 0.15) is 18.4 Å². The van der Waals surface area contributed by atoms with Gasteiger partial charge in [-0.15, -0.1) is 0 Å². The van der Waals surface area contributed by atoms with Gasteiger partial charge in [0.25, 0.3) is 0 Å². The van der Waals surface area contributed by atoms with E-state index in [2.05, 4.69) is 20.9 Å². The summed E-state index contributed by atoms with van der Waals surface area (Å²) in [5.41, 5.74) is 0.921. The standard InChI is InChI=1S/C18H20BrNO6/c1-5-26-14-7-10(6-13(19)16(14)23-2)15-11(17(21)24-3)8-20-9-12(15)18(22)25-4/h6-9,11,15H,5H2,1-4H3/t11?,15-/m0/s1. The Morgan fingerprint density at radius 3 is 2.50 bits per heavy atom. The van der Waals surface area contributed by atoms with E-state index in [-0.39, 0.29) is 5.57 Å². The van der Waals surface area contributed by atoms with Crippen LogP contribution in [-0.2, 0) is 19.1 Å². The molecule has 7 nitrogen and oxygen atoms in total. The molecule has 1 aliphatic rings. The third kappa shape index (κ3) is 3.90. The molecule has 0 bridgehead atoms. The van der Waals surface area contributed by atoms with Gasteiger partial charge in [0.2, 0.25) is 0 Å². The monoisotopic (exact) mass is 425 g/mol. The van der Waals surface area contributed by atoms with E-state index < -0.39 is 23.8 Å². The number of ether oxygens (including phenoxy) is 4. The summed E-state index contributed by atoms with van der Waals surface area (Å²) >= 11 is 3.45. The number of carbonyl (C=O) groups is 2. The zero-order valence-corrected chi connectivity index (χ0v) is 16.5.